The molecule has 0 spiro atoms. The molecule has 0 aliphatic rings. The highest BCUT2D eigenvalue weighted by Gasteiger charge is 2.17. The van der Waals surface area contributed by atoms with Crippen LogP contribution in [0.25, 0.3) is 0 Å². The first kappa shape index (κ1) is 9.32. The highest BCUT2D eigenvalue weighted by molar-refractivity contribution is 5.53. The number of aromatic nitrogens is 1. The van der Waals surface area contributed by atoms with Gasteiger partial charge in [-0.2, -0.15) is 9.65 Å². The lowest BCUT2D eigenvalue weighted by Gasteiger charge is -2.03. The first-order chi connectivity index (χ1) is 6.06. The van der Waals surface area contributed by atoms with E-state index in [1.54, 1.807) is 0 Å². The van der Waals surface area contributed by atoms with Crippen LogP contribution in [0, 0.1) is 17.3 Å². The molecule has 6 heteroatoms. The van der Waals surface area contributed by atoms with E-state index in [1.165, 1.54) is 6.07 Å². The second kappa shape index (κ2) is 3.31. The summed E-state index contributed by atoms with van der Waals surface area (Å²) in [6.07, 6.45) is -2.94. The molecule has 2 N–H and O–H groups in total. The zero-order valence-electron chi connectivity index (χ0n) is 6.26. The average Bonchev–Trinajstić information content (AvgIpc) is 2.02. The van der Waals surface area contributed by atoms with Crippen LogP contribution in [0.4, 0.5) is 19.0 Å². The molecule has 0 aliphatic heterocycles. The molecule has 0 amide bonds. The Morgan fingerprint density at radius 3 is 2.62 bits per heavy atom. The number of nitrogens with two attached hydrogens (primary N) is 1. The minimum absolute atomic E-state index is 0.476. The van der Waals surface area contributed by atoms with E-state index in [2.05, 4.69) is 4.98 Å². The molecule has 0 fully saturated rings. The van der Waals surface area contributed by atoms with Gasteiger partial charge in [0.1, 0.15) is 17.5 Å². The molecular formula is C7H4F3N3. The van der Waals surface area contributed by atoms with Crippen molar-refractivity contribution in [1.29, 1.82) is 5.26 Å². The summed E-state index contributed by atoms with van der Waals surface area (Å²) in [5, 5.41) is 8.41. The Balaban J connectivity index is 3.41. The van der Waals surface area contributed by atoms with E-state index < -0.39 is 29.3 Å². The standard InChI is InChI=1S/C7H4F3N3/c8-5-1-3(6(9)10)4(2-11)7(12)13-5/h1,6H,(H2,12,13). The summed E-state index contributed by atoms with van der Waals surface area (Å²) in [6, 6.07) is 1.94. The molecule has 0 atom stereocenters. The predicted octanol–water partition coefficient (Wildman–Crippen LogP) is 1.61. The van der Waals surface area contributed by atoms with Crippen LogP contribution >= 0.6 is 0 Å². The summed E-state index contributed by atoms with van der Waals surface area (Å²) in [5.74, 6) is -1.63. The Bertz CT molecular complexity index is 370. The van der Waals surface area contributed by atoms with Crippen LogP contribution in [-0.2, 0) is 0 Å². The van der Waals surface area contributed by atoms with Crippen molar-refractivity contribution in [2.75, 3.05) is 5.73 Å². The highest BCUT2D eigenvalue weighted by Crippen LogP contribution is 2.25. The summed E-state index contributed by atoms with van der Waals surface area (Å²) in [5.41, 5.74) is 3.86. The maximum atomic E-state index is 12.5. The van der Waals surface area contributed by atoms with E-state index >= 15 is 0 Å². The number of nitrogens with zero attached hydrogens (tertiary/aromatic N) is 2. The lowest BCUT2D eigenvalue weighted by molar-refractivity contribution is 0.150. The van der Waals surface area contributed by atoms with E-state index in [1.807, 2.05) is 0 Å². The van der Waals surface area contributed by atoms with Gasteiger partial charge in [0.05, 0.1) is 0 Å². The summed E-state index contributed by atoms with van der Waals surface area (Å²) in [7, 11) is 0. The fourth-order valence-corrected chi connectivity index (χ4v) is 0.846. The molecule has 1 aromatic heterocycles. The van der Waals surface area contributed by atoms with Crippen LogP contribution in [0.15, 0.2) is 6.07 Å². The van der Waals surface area contributed by atoms with Crippen LogP contribution in [-0.4, -0.2) is 4.98 Å². The fraction of sp³-hybridized carbons (Fsp3) is 0.143. The van der Waals surface area contributed by atoms with Crippen LogP contribution < -0.4 is 5.73 Å². The molecule has 68 valence electrons. The third kappa shape index (κ3) is 1.69. The van der Waals surface area contributed by atoms with E-state index in [0.717, 1.165) is 0 Å². The molecule has 0 saturated heterocycles. The zero-order valence-corrected chi connectivity index (χ0v) is 6.26. The van der Waals surface area contributed by atoms with Gasteiger partial charge in [-0.15, -0.1) is 0 Å². The molecular weight excluding hydrogens is 183 g/mol. The number of alkyl halides is 2. The van der Waals surface area contributed by atoms with Crippen molar-refractivity contribution < 1.29 is 13.2 Å². The lowest BCUT2D eigenvalue weighted by Crippen LogP contribution is -2.02. The first-order valence-electron chi connectivity index (χ1n) is 3.20. The monoisotopic (exact) mass is 187 g/mol. The fourth-order valence-electron chi connectivity index (χ4n) is 0.846. The Morgan fingerprint density at radius 2 is 2.15 bits per heavy atom. The number of anilines is 1. The summed E-state index contributed by atoms with van der Waals surface area (Å²) >= 11 is 0. The predicted molar refractivity (Wildman–Crippen MR) is 38.3 cm³/mol. The smallest absolute Gasteiger partial charge is 0.265 e. The number of hydrogen-bond donors (Lipinski definition) is 1. The highest BCUT2D eigenvalue weighted by atomic mass is 19.3. The molecule has 13 heavy (non-hydrogen) atoms. The molecule has 1 heterocycles. The number of hydrogen-bond acceptors (Lipinski definition) is 3. The molecule has 0 radical (unpaired) electrons. The maximum Gasteiger partial charge on any atom is 0.265 e. The van der Waals surface area contributed by atoms with Gasteiger partial charge in [0.25, 0.3) is 6.43 Å². The van der Waals surface area contributed by atoms with Crippen molar-refractivity contribution in [1.82, 2.24) is 4.98 Å². The average molecular weight is 187 g/mol. The van der Waals surface area contributed by atoms with Crippen LogP contribution in [0.5, 0.6) is 0 Å². The Morgan fingerprint density at radius 1 is 1.54 bits per heavy atom. The van der Waals surface area contributed by atoms with Gasteiger partial charge in [-0.3, -0.25) is 0 Å². The largest absolute Gasteiger partial charge is 0.382 e. The van der Waals surface area contributed by atoms with Crippen molar-refractivity contribution in [3.8, 4) is 6.07 Å². The van der Waals surface area contributed by atoms with Crippen molar-refractivity contribution >= 4 is 5.82 Å². The minimum Gasteiger partial charge on any atom is -0.382 e. The van der Waals surface area contributed by atoms with Gasteiger partial charge in [0.2, 0.25) is 5.95 Å². The Labute approximate surface area is 71.6 Å². The number of pyridine rings is 1. The molecule has 1 rings (SSSR count). The first-order valence-corrected chi connectivity index (χ1v) is 3.20. The van der Waals surface area contributed by atoms with Gasteiger partial charge in [-0.25, -0.2) is 13.8 Å². The number of halogens is 3. The summed E-state index contributed by atoms with van der Waals surface area (Å²) < 4.78 is 36.8. The van der Waals surface area contributed by atoms with Crippen molar-refractivity contribution in [2.45, 2.75) is 6.43 Å². The molecule has 0 saturated carbocycles. The third-order valence-electron chi connectivity index (χ3n) is 1.39. The van der Waals surface area contributed by atoms with Crippen molar-refractivity contribution in [2.24, 2.45) is 0 Å². The number of rotatable bonds is 1. The van der Waals surface area contributed by atoms with Crippen LogP contribution in [0.2, 0.25) is 0 Å². The molecule has 0 aliphatic carbocycles. The zero-order chi connectivity index (χ0) is 10.0. The Hall–Kier alpha value is -1.77. The quantitative estimate of drug-likeness (QED) is 0.679. The second-order valence-corrected chi connectivity index (χ2v) is 2.21. The molecule has 0 aromatic carbocycles. The van der Waals surface area contributed by atoms with E-state index in [0.29, 0.717) is 6.07 Å². The van der Waals surface area contributed by atoms with Gasteiger partial charge < -0.3 is 5.73 Å². The Kier molecular flexibility index (Phi) is 2.37. The maximum absolute atomic E-state index is 12.5. The number of nitriles is 1. The van der Waals surface area contributed by atoms with Gasteiger partial charge >= 0.3 is 0 Å². The van der Waals surface area contributed by atoms with Crippen molar-refractivity contribution in [3.05, 3.63) is 23.1 Å². The summed E-state index contributed by atoms with van der Waals surface area (Å²) in [4.78, 5) is 3.04. The SMILES string of the molecule is N#Cc1c(C(F)F)cc(F)nc1N. The van der Waals surface area contributed by atoms with E-state index in [4.69, 9.17) is 11.0 Å². The second-order valence-electron chi connectivity index (χ2n) is 2.21. The van der Waals surface area contributed by atoms with Crippen LogP contribution in [0.3, 0.4) is 0 Å². The number of nitrogen functional groups attached to an aromatic ring is 1. The van der Waals surface area contributed by atoms with Crippen LogP contribution in [0.1, 0.15) is 17.6 Å². The molecule has 1 aromatic rings. The topological polar surface area (TPSA) is 62.7 Å². The molecule has 0 unspecified atom stereocenters. The normalized spacial score (nSPS) is 10.1. The van der Waals surface area contributed by atoms with Gasteiger partial charge in [0, 0.05) is 11.6 Å². The van der Waals surface area contributed by atoms with E-state index in [9.17, 15) is 13.2 Å². The van der Waals surface area contributed by atoms with E-state index in [-0.39, 0.29) is 0 Å². The minimum atomic E-state index is -2.94. The lowest BCUT2D eigenvalue weighted by atomic mass is 10.1. The molecule has 0 bridgehead atoms. The van der Waals surface area contributed by atoms with Gasteiger partial charge in [0.15, 0.2) is 0 Å². The van der Waals surface area contributed by atoms with Gasteiger partial charge in [-0.05, 0) is 0 Å². The van der Waals surface area contributed by atoms with Gasteiger partial charge in [-0.1, -0.05) is 0 Å². The summed E-state index contributed by atoms with van der Waals surface area (Å²) in [6.45, 7) is 0. The van der Waals surface area contributed by atoms with Crippen molar-refractivity contribution in [3.63, 3.8) is 0 Å². The third-order valence-corrected chi connectivity index (χ3v) is 1.39. The molecule has 3 nitrogen and oxygen atoms in total.